The van der Waals surface area contributed by atoms with Gasteiger partial charge in [-0.05, 0) is 43.9 Å². The van der Waals surface area contributed by atoms with Crippen molar-refractivity contribution in [2.24, 2.45) is 5.92 Å². The predicted octanol–water partition coefficient (Wildman–Crippen LogP) is 3.46. The third-order valence-electron chi connectivity index (χ3n) is 5.11. The van der Waals surface area contributed by atoms with E-state index in [9.17, 15) is 9.59 Å². The van der Waals surface area contributed by atoms with E-state index in [2.05, 4.69) is 10.6 Å². The zero-order valence-corrected chi connectivity index (χ0v) is 14.8. The number of urea groups is 1. The summed E-state index contributed by atoms with van der Waals surface area (Å²) in [5, 5.41) is 5.89. The van der Waals surface area contributed by atoms with Crippen LogP contribution in [0.3, 0.4) is 0 Å². The molecule has 6 heteroatoms. The molecule has 1 aromatic rings. The predicted molar refractivity (Wildman–Crippen MR) is 97.7 cm³/mol. The molecule has 0 radical (unpaired) electrons. The average molecular weight is 345 g/mol. The van der Waals surface area contributed by atoms with Gasteiger partial charge in [-0.15, -0.1) is 0 Å². The highest BCUT2D eigenvalue weighted by Crippen LogP contribution is 2.26. The Hall–Kier alpha value is -2.08. The molecule has 1 aliphatic carbocycles. The van der Waals surface area contributed by atoms with Crippen molar-refractivity contribution >= 4 is 23.3 Å². The lowest BCUT2D eigenvalue weighted by atomic mass is 10.1. The van der Waals surface area contributed by atoms with Crippen LogP contribution in [0.1, 0.15) is 38.5 Å². The summed E-state index contributed by atoms with van der Waals surface area (Å²) in [5.74, 6) is 0.206. The lowest BCUT2D eigenvalue weighted by Crippen LogP contribution is -2.44. The Morgan fingerprint density at radius 1 is 1.08 bits per heavy atom. The van der Waals surface area contributed by atoms with Crippen molar-refractivity contribution in [1.29, 1.82) is 0 Å². The summed E-state index contributed by atoms with van der Waals surface area (Å²) in [6.07, 6.45) is 6.25. The number of ether oxygens (including phenoxy) is 1. The number of carbonyl (C=O) groups is 2. The molecule has 1 heterocycles. The number of amides is 3. The normalized spacial score (nSPS) is 21.2. The molecule has 3 amide bonds. The summed E-state index contributed by atoms with van der Waals surface area (Å²) in [6, 6.07) is 7.21. The SMILES string of the molecule is CO[C@H]1CCCN(C(=O)Nc2cccc(NC(=O)C3CCCC3)c2)C1. The van der Waals surface area contributed by atoms with Gasteiger partial charge in [0, 0.05) is 37.5 Å². The number of methoxy groups -OCH3 is 1. The Kier molecular flexibility index (Phi) is 5.91. The Morgan fingerprint density at radius 2 is 1.80 bits per heavy atom. The van der Waals surface area contributed by atoms with E-state index in [0.717, 1.165) is 50.8 Å². The number of benzene rings is 1. The van der Waals surface area contributed by atoms with Crippen molar-refractivity contribution in [2.75, 3.05) is 30.8 Å². The van der Waals surface area contributed by atoms with E-state index in [1.807, 2.05) is 24.3 Å². The maximum Gasteiger partial charge on any atom is 0.321 e. The Morgan fingerprint density at radius 3 is 2.52 bits per heavy atom. The van der Waals surface area contributed by atoms with Gasteiger partial charge in [-0.3, -0.25) is 4.79 Å². The maximum absolute atomic E-state index is 12.4. The number of hydrogen-bond acceptors (Lipinski definition) is 3. The number of rotatable bonds is 4. The highest BCUT2D eigenvalue weighted by molar-refractivity contribution is 5.94. The minimum absolute atomic E-state index is 0.0833. The van der Waals surface area contributed by atoms with Crippen molar-refractivity contribution in [2.45, 2.75) is 44.6 Å². The summed E-state index contributed by atoms with van der Waals surface area (Å²) in [6.45, 7) is 1.35. The van der Waals surface area contributed by atoms with Crippen molar-refractivity contribution in [3.05, 3.63) is 24.3 Å². The quantitative estimate of drug-likeness (QED) is 0.878. The number of hydrogen-bond donors (Lipinski definition) is 2. The van der Waals surface area contributed by atoms with Gasteiger partial charge < -0.3 is 20.3 Å². The maximum atomic E-state index is 12.4. The molecule has 0 unspecified atom stereocenters. The van der Waals surface area contributed by atoms with E-state index in [-0.39, 0.29) is 24.0 Å². The highest BCUT2D eigenvalue weighted by atomic mass is 16.5. The van der Waals surface area contributed by atoms with Crippen LogP contribution >= 0.6 is 0 Å². The molecule has 1 atom stereocenters. The Balaban J connectivity index is 1.57. The summed E-state index contributed by atoms with van der Waals surface area (Å²) >= 11 is 0. The van der Waals surface area contributed by atoms with E-state index in [1.54, 1.807) is 12.0 Å². The molecule has 2 fully saturated rings. The molecule has 1 saturated heterocycles. The zero-order valence-electron chi connectivity index (χ0n) is 14.8. The van der Waals surface area contributed by atoms with Gasteiger partial charge in [0.15, 0.2) is 0 Å². The van der Waals surface area contributed by atoms with Gasteiger partial charge in [0.1, 0.15) is 0 Å². The van der Waals surface area contributed by atoms with Crippen LogP contribution in [0.5, 0.6) is 0 Å². The average Bonchev–Trinajstić information content (AvgIpc) is 3.17. The minimum Gasteiger partial charge on any atom is -0.380 e. The van der Waals surface area contributed by atoms with Gasteiger partial charge >= 0.3 is 6.03 Å². The molecule has 0 aromatic heterocycles. The topological polar surface area (TPSA) is 70.7 Å². The first-order valence-electron chi connectivity index (χ1n) is 9.15. The molecular formula is C19H27N3O3. The first-order chi connectivity index (χ1) is 12.2. The van der Waals surface area contributed by atoms with Crippen LogP contribution in [0.15, 0.2) is 24.3 Å². The molecule has 25 heavy (non-hydrogen) atoms. The number of carbonyl (C=O) groups excluding carboxylic acids is 2. The molecule has 0 spiro atoms. The number of nitrogens with one attached hydrogen (secondary N) is 2. The van der Waals surface area contributed by atoms with E-state index in [4.69, 9.17) is 4.74 Å². The molecule has 1 saturated carbocycles. The van der Waals surface area contributed by atoms with E-state index in [0.29, 0.717) is 12.2 Å². The number of piperidine rings is 1. The largest absolute Gasteiger partial charge is 0.380 e. The molecule has 0 bridgehead atoms. The number of anilines is 2. The summed E-state index contributed by atoms with van der Waals surface area (Å²) in [4.78, 5) is 26.5. The fraction of sp³-hybridized carbons (Fsp3) is 0.579. The smallest absolute Gasteiger partial charge is 0.321 e. The van der Waals surface area contributed by atoms with Gasteiger partial charge in [0.2, 0.25) is 5.91 Å². The van der Waals surface area contributed by atoms with Crippen LogP contribution in [0.2, 0.25) is 0 Å². The number of nitrogens with zero attached hydrogens (tertiary/aromatic N) is 1. The molecule has 1 aliphatic heterocycles. The van der Waals surface area contributed by atoms with Crippen molar-refractivity contribution in [1.82, 2.24) is 4.90 Å². The van der Waals surface area contributed by atoms with E-state index in [1.165, 1.54) is 0 Å². The van der Waals surface area contributed by atoms with Gasteiger partial charge in [0.25, 0.3) is 0 Å². The second-order valence-electron chi connectivity index (χ2n) is 6.93. The highest BCUT2D eigenvalue weighted by Gasteiger charge is 2.24. The van der Waals surface area contributed by atoms with Crippen LogP contribution in [0, 0.1) is 5.92 Å². The van der Waals surface area contributed by atoms with Gasteiger partial charge in [-0.1, -0.05) is 18.9 Å². The van der Waals surface area contributed by atoms with Crippen LogP contribution in [0.4, 0.5) is 16.2 Å². The Bertz CT molecular complexity index is 614. The van der Waals surface area contributed by atoms with Crippen LogP contribution in [0.25, 0.3) is 0 Å². The molecular weight excluding hydrogens is 318 g/mol. The zero-order chi connectivity index (χ0) is 17.6. The summed E-state index contributed by atoms with van der Waals surface area (Å²) in [5.41, 5.74) is 1.41. The lowest BCUT2D eigenvalue weighted by molar-refractivity contribution is -0.119. The molecule has 2 aliphatic rings. The van der Waals surface area contributed by atoms with Crippen LogP contribution < -0.4 is 10.6 Å². The fourth-order valence-electron chi connectivity index (χ4n) is 3.62. The fourth-order valence-corrected chi connectivity index (χ4v) is 3.62. The van der Waals surface area contributed by atoms with Gasteiger partial charge in [0.05, 0.1) is 6.10 Å². The standard InChI is InChI=1S/C19H27N3O3/c1-25-17-10-5-11-22(13-17)19(24)21-16-9-4-8-15(12-16)20-18(23)14-6-2-3-7-14/h4,8-9,12,14,17H,2-3,5-7,10-11,13H2,1H3,(H,20,23)(H,21,24)/t17-/m0/s1. The van der Waals surface area contributed by atoms with Crippen LogP contribution in [-0.4, -0.2) is 43.1 Å². The molecule has 3 rings (SSSR count). The second kappa shape index (κ2) is 8.34. The monoisotopic (exact) mass is 345 g/mol. The Labute approximate surface area is 148 Å². The molecule has 2 N–H and O–H groups in total. The van der Waals surface area contributed by atoms with Gasteiger partial charge in [-0.2, -0.15) is 0 Å². The molecule has 136 valence electrons. The lowest BCUT2D eigenvalue weighted by Gasteiger charge is -2.31. The third-order valence-corrected chi connectivity index (χ3v) is 5.11. The van der Waals surface area contributed by atoms with Crippen LogP contribution in [-0.2, 0) is 9.53 Å². The summed E-state index contributed by atoms with van der Waals surface area (Å²) < 4.78 is 5.36. The van der Waals surface area contributed by atoms with Crippen molar-refractivity contribution in [3.8, 4) is 0 Å². The van der Waals surface area contributed by atoms with Crippen molar-refractivity contribution < 1.29 is 14.3 Å². The van der Waals surface area contributed by atoms with Gasteiger partial charge in [-0.25, -0.2) is 4.79 Å². The summed E-state index contributed by atoms with van der Waals surface area (Å²) in [7, 11) is 1.68. The second-order valence-corrected chi connectivity index (χ2v) is 6.93. The number of likely N-dealkylation sites (tertiary alicyclic amines) is 1. The van der Waals surface area contributed by atoms with Crippen molar-refractivity contribution in [3.63, 3.8) is 0 Å². The van der Waals surface area contributed by atoms with E-state index < -0.39 is 0 Å². The minimum atomic E-state index is -0.124. The van der Waals surface area contributed by atoms with E-state index >= 15 is 0 Å². The molecule has 1 aromatic carbocycles. The molecule has 6 nitrogen and oxygen atoms in total. The third kappa shape index (κ3) is 4.72. The first kappa shape index (κ1) is 17.7. The first-order valence-corrected chi connectivity index (χ1v) is 9.15.